The highest BCUT2D eigenvalue weighted by Crippen LogP contribution is 2.51. The second kappa shape index (κ2) is 8.00. The van der Waals surface area contributed by atoms with Crippen molar-refractivity contribution in [1.82, 2.24) is 5.32 Å². The first-order valence-electron chi connectivity index (χ1n) is 9.96. The van der Waals surface area contributed by atoms with Gasteiger partial charge in [-0.2, -0.15) is 0 Å². The van der Waals surface area contributed by atoms with Crippen LogP contribution >= 0.6 is 11.8 Å². The van der Waals surface area contributed by atoms with Crippen molar-refractivity contribution in [2.45, 2.75) is 25.6 Å². The lowest BCUT2D eigenvalue weighted by Crippen LogP contribution is -2.62. The van der Waals surface area contributed by atoms with Gasteiger partial charge in [-0.3, -0.25) is 0 Å². The van der Waals surface area contributed by atoms with E-state index in [4.69, 9.17) is 4.99 Å². The number of nitrogens with one attached hydrogen (secondary N) is 1. The van der Waals surface area contributed by atoms with Gasteiger partial charge in [0.1, 0.15) is 4.87 Å². The van der Waals surface area contributed by atoms with Gasteiger partial charge in [-0.25, -0.2) is 14.7 Å². The zero-order chi connectivity index (χ0) is 21.2. The third-order valence-electron chi connectivity index (χ3n) is 5.15. The highest BCUT2D eigenvalue weighted by molar-refractivity contribution is 8.15. The molecule has 1 atom stereocenters. The number of benzene rings is 3. The van der Waals surface area contributed by atoms with Crippen LogP contribution in [-0.4, -0.2) is 11.2 Å². The lowest BCUT2D eigenvalue weighted by Gasteiger charge is -2.49. The summed E-state index contributed by atoms with van der Waals surface area (Å²) in [6.45, 7) is 6.43. The Morgan fingerprint density at radius 3 is 1.93 bits per heavy atom. The quantitative estimate of drug-likeness (QED) is 0.528. The van der Waals surface area contributed by atoms with Gasteiger partial charge in [0, 0.05) is 0 Å². The summed E-state index contributed by atoms with van der Waals surface area (Å²) >= 11 is 1.58. The van der Waals surface area contributed by atoms with Crippen LogP contribution in [0.1, 0.15) is 26.3 Å². The van der Waals surface area contributed by atoms with Gasteiger partial charge in [0.05, 0.1) is 11.4 Å². The minimum atomic E-state index is -0.662. The monoisotopic (exact) mass is 415 g/mol. The van der Waals surface area contributed by atoms with Crippen LogP contribution in [-0.2, 0) is 4.87 Å². The number of carbonyl (C=O) groups excluding carboxylic acids is 1. The number of rotatable bonds is 3. The van der Waals surface area contributed by atoms with Crippen LogP contribution in [0.4, 0.5) is 16.2 Å². The molecule has 0 bridgehead atoms. The Labute approximate surface area is 182 Å². The summed E-state index contributed by atoms with van der Waals surface area (Å²) in [7, 11) is 0. The Bertz CT molecular complexity index is 1050. The van der Waals surface area contributed by atoms with Gasteiger partial charge in [-0.1, -0.05) is 99.3 Å². The lowest BCUT2D eigenvalue weighted by molar-refractivity contribution is 0.211. The smallest absolute Gasteiger partial charge is 0.318 e. The molecule has 0 aromatic heterocycles. The van der Waals surface area contributed by atoms with Gasteiger partial charge in [-0.15, -0.1) is 0 Å². The highest BCUT2D eigenvalue weighted by atomic mass is 32.2. The minimum Gasteiger partial charge on any atom is -0.318 e. The number of hydrogen-bond acceptors (Lipinski definition) is 3. The average molecular weight is 416 g/mol. The summed E-state index contributed by atoms with van der Waals surface area (Å²) in [6.07, 6.45) is 0. The van der Waals surface area contributed by atoms with Crippen molar-refractivity contribution in [3.63, 3.8) is 0 Å². The van der Waals surface area contributed by atoms with Gasteiger partial charge < -0.3 is 5.32 Å². The van der Waals surface area contributed by atoms with E-state index in [-0.39, 0.29) is 11.4 Å². The van der Waals surface area contributed by atoms with Gasteiger partial charge in [-0.05, 0) is 35.2 Å². The molecule has 30 heavy (non-hydrogen) atoms. The molecular formula is C25H25N3OS. The number of thioether (sulfide) groups is 1. The van der Waals surface area contributed by atoms with Crippen LogP contribution in [0.5, 0.6) is 0 Å². The average Bonchev–Trinajstić information content (AvgIpc) is 2.74. The molecular weight excluding hydrogens is 390 g/mol. The van der Waals surface area contributed by atoms with Crippen LogP contribution in [0.2, 0.25) is 0 Å². The number of amides is 2. The Hall–Kier alpha value is -3.05. The molecule has 1 aliphatic heterocycles. The van der Waals surface area contributed by atoms with Crippen molar-refractivity contribution >= 4 is 34.3 Å². The number of nitrogens with zero attached hydrogens (tertiary/aromatic N) is 2. The first-order valence-corrected chi connectivity index (χ1v) is 10.8. The third-order valence-corrected chi connectivity index (χ3v) is 6.87. The molecule has 3 aromatic rings. The van der Waals surface area contributed by atoms with E-state index in [1.807, 2.05) is 78.9 Å². The maximum atomic E-state index is 13.6. The number of aliphatic imine (C=N–C) groups is 1. The lowest BCUT2D eigenvalue weighted by atomic mass is 9.81. The topological polar surface area (TPSA) is 44.7 Å². The second-order valence-corrected chi connectivity index (χ2v) is 9.41. The van der Waals surface area contributed by atoms with Crippen molar-refractivity contribution in [3.8, 4) is 0 Å². The Morgan fingerprint density at radius 1 is 0.833 bits per heavy atom. The van der Waals surface area contributed by atoms with E-state index in [0.717, 1.165) is 16.9 Å². The van der Waals surface area contributed by atoms with E-state index in [0.29, 0.717) is 5.17 Å². The predicted octanol–water partition coefficient (Wildman–Crippen LogP) is 6.54. The van der Waals surface area contributed by atoms with Crippen molar-refractivity contribution in [2.24, 2.45) is 10.4 Å². The Balaban J connectivity index is 1.89. The molecule has 4 nitrogen and oxygen atoms in total. The summed E-state index contributed by atoms with van der Waals surface area (Å²) in [6, 6.07) is 29.4. The number of para-hydroxylation sites is 2. The first-order chi connectivity index (χ1) is 14.4. The van der Waals surface area contributed by atoms with E-state index in [9.17, 15) is 4.79 Å². The number of anilines is 1. The van der Waals surface area contributed by atoms with E-state index in [1.165, 1.54) is 0 Å². The highest BCUT2D eigenvalue weighted by Gasteiger charge is 2.52. The summed E-state index contributed by atoms with van der Waals surface area (Å²) in [5, 5.41) is 3.97. The van der Waals surface area contributed by atoms with Gasteiger partial charge in [0.2, 0.25) is 0 Å². The number of urea groups is 1. The molecule has 0 spiro atoms. The van der Waals surface area contributed by atoms with E-state index in [2.05, 4.69) is 38.2 Å². The van der Waals surface area contributed by atoms with Crippen LogP contribution in [0, 0.1) is 5.41 Å². The van der Waals surface area contributed by atoms with Crippen LogP contribution in [0.3, 0.4) is 0 Å². The first kappa shape index (κ1) is 20.2. The summed E-state index contributed by atoms with van der Waals surface area (Å²) in [5.41, 5.74) is 2.37. The molecule has 1 heterocycles. The fourth-order valence-corrected chi connectivity index (χ4v) is 4.97. The standard InChI is InChI=1S/C25H25N3OS/c1-24(2,3)25(19-13-7-4-8-14-19)27-22(29)28(21-17-11-6-12-18-21)23(30-25)26-20-15-9-5-10-16-20/h4-18H,1-3H3,(H,27,29)/t25-/m0/s1. The molecule has 0 aliphatic carbocycles. The van der Waals surface area contributed by atoms with Crippen LogP contribution in [0.25, 0.3) is 0 Å². The van der Waals surface area contributed by atoms with Gasteiger partial charge in [0.25, 0.3) is 0 Å². The molecule has 1 fully saturated rings. The van der Waals surface area contributed by atoms with Crippen molar-refractivity contribution < 1.29 is 4.79 Å². The SMILES string of the molecule is CC(C)(C)[C@@]1(c2ccccc2)NC(=O)N(c2ccccc2)C(=Nc2ccccc2)S1. The third kappa shape index (κ3) is 3.73. The number of amidine groups is 1. The molecule has 3 aromatic carbocycles. The largest absolute Gasteiger partial charge is 0.329 e. The molecule has 0 radical (unpaired) electrons. The Kier molecular flexibility index (Phi) is 5.39. The van der Waals surface area contributed by atoms with Crippen molar-refractivity contribution in [1.29, 1.82) is 0 Å². The van der Waals surface area contributed by atoms with E-state index < -0.39 is 4.87 Å². The zero-order valence-electron chi connectivity index (χ0n) is 17.4. The zero-order valence-corrected chi connectivity index (χ0v) is 18.2. The molecule has 0 unspecified atom stereocenters. The number of carbonyl (C=O) groups is 1. The molecule has 1 saturated heterocycles. The molecule has 0 saturated carbocycles. The van der Waals surface area contributed by atoms with Crippen molar-refractivity contribution in [2.75, 3.05) is 4.90 Å². The summed E-state index contributed by atoms with van der Waals surface area (Å²) in [4.78, 5) is 19.5. The Morgan fingerprint density at radius 2 is 1.37 bits per heavy atom. The van der Waals surface area contributed by atoms with Gasteiger partial charge >= 0.3 is 6.03 Å². The maximum absolute atomic E-state index is 13.6. The molecule has 4 rings (SSSR count). The maximum Gasteiger partial charge on any atom is 0.329 e. The molecule has 1 aliphatic rings. The fraction of sp³-hybridized carbons (Fsp3) is 0.200. The second-order valence-electron chi connectivity index (χ2n) is 8.23. The van der Waals surface area contributed by atoms with Crippen molar-refractivity contribution in [3.05, 3.63) is 96.6 Å². The number of hydrogen-bond donors (Lipinski definition) is 1. The fourth-order valence-electron chi connectivity index (χ4n) is 3.57. The molecule has 1 N–H and O–H groups in total. The molecule has 2 amide bonds. The van der Waals surface area contributed by atoms with Crippen LogP contribution < -0.4 is 10.2 Å². The van der Waals surface area contributed by atoms with Gasteiger partial charge in [0.15, 0.2) is 5.17 Å². The molecule has 5 heteroatoms. The van der Waals surface area contributed by atoms with E-state index >= 15 is 0 Å². The normalized spacial score (nSPS) is 20.8. The predicted molar refractivity (Wildman–Crippen MR) is 126 cm³/mol. The molecule has 152 valence electrons. The summed E-state index contributed by atoms with van der Waals surface area (Å²) in [5.74, 6) is 0. The van der Waals surface area contributed by atoms with E-state index in [1.54, 1.807) is 16.7 Å². The van der Waals surface area contributed by atoms with Crippen LogP contribution in [0.15, 0.2) is 96.0 Å². The minimum absolute atomic E-state index is 0.187. The summed E-state index contributed by atoms with van der Waals surface area (Å²) < 4.78 is 0.